The summed E-state index contributed by atoms with van der Waals surface area (Å²) in [6.45, 7) is 10.00. The average molecular weight is 278 g/mol. The Morgan fingerprint density at radius 3 is 2.40 bits per heavy atom. The van der Waals surface area contributed by atoms with E-state index in [0.717, 1.165) is 30.7 Å². The highest BCUT2D eigenvalue weighted by molar-refractivity contribution is 5.73. The van der Waals surface area contributed by atoms with Crippen LogP contribution in [0.5, 0.6) is 5.75 Å². The standard InChI is InChI=1S/C16H26N2O2/c1-5-6-7-17-16(19)18-8-9-20-15-11-13(3)12(2)10-14(15)4/h10-11H,5-9H2,1-4H3,(H2,17,18,19). The number of unbranched alkanes of at least 4 members (excludes halogenated alkanes) is 1. The van der Waals surface area contributed by atoms with E-state index >= 15 is 0 Å². The van der Waals surface area contributed by atoms with Crippen LogP contribution < -0.4 is 15.4 Å². The zero-order chi connectivity index (χ0) is 15.0. The molecule has 20 heavy (non-hydrogen) atoms. The largest absolute Gasteiger partial charge is 0.491 e. The Morgan fingerprint density at radius 1 is 1.05 bits per heavy atom. The van der Waals surface area contributed by atoms with Gasteiger partial charge in [-0.15, -0.1) is 0 Å². The third-order valence-corrected chi connectivity index (χ3v) is 3.25. The van der Waals surface area contributed by atoms with Crippen LogP contribution in [0.3, 0.4) is 0 Å². The lowest BCUT2D eigenvalue weighted by Crippen LogP contribution is -2.38. The first-order valence-corrected chi connectivity index (χ1v) is 7.27. The molecule has 0 saturated carbocycles. The first kappa shape index (κ1) is 16.3. The summed E-state index contributed by atoms with van der Waals surface area (Å²) in [4.78, 5) is 11.4. The van der Waals surface area contributed by atoms with Crippen molar-refractivity contribution < 1.29 is 9.53 Å². The number of aryl methyl sites for hydroxylation is 3. The van der Waals surface area contributed by atoms with Crippen LogP contribution in [-0.4, -0.2) is 25.7 Å². The highest BCUT2D eigenvalue weighted by atomic mass is 16.5. The summed E-state index contributed by atoms with van der Waals surface area (Å²) in [5.41, 5.74) is 3.61. The highest BCUT2D eigenvalue weighted by Crippen LogP contribution is 2.22. The molecule has 4 heteroatoms. The van der Waals surface area contributed by atoms with Gasteiger partial charge in [0.2, 0.25) is 0 Å². The fourth-order valence-corrected chi connectivity index (χ4v) is 1.86. The molecule has 2 N–H and O–H groups in total. The molecule has 0 spiro atoms. The van der Waals surface area contributed by atoms with Gasteiger partial charge in [-0.2, -0.15) is 0 Å². The molecule has 0 unspecified atom stereocenters. The second-order valence-corrected chi connectivity index (χ2v) is 5.09. The molecule has 0 aliphatic rings. The Balaban J connectivity index is 2.27. The third-order valence-electron chi connectivity index (χ3n) is 3.25. The van der Waals surface area contributed by atoms with E-state index in [1.165, 1.54) is 11.1 Å². The van der Waals surface area contributed by atoms with Crippen molar-refractivity contribution in [3.8, 4) is 5.75 Å². The minimum Gasteiger partial charge on any atom is -0.491 e. The smallest absolute Gasteiger partial charge is 0.314 e. The van der Waals surface area contributed by atoms with Gasteiger partial charge in [0, 0.05) is 6.54 Å². The summed E-state index contributed by atoms with van der Waals surface area (Å²) in [5.74, 6) is 0.890. The normalized spacial score (nSPS) is 10.2. The summed E-state index contributed by atoms with van der Waals surface area (Å²) >= 11 is 0. The van der Waals surface area contributed by atoms with E-state index in [-0.39, 0.29) is 6.03 Å². The van der Waals surface area contributed by atoms with Gasteiger partial charge in [-0.1, -0.05) is 19.4 Å². The molecule has 0 aromatic heterocycles. The van der Waals surface area contributed by atoms with E-state index in [2.05, 4.69) is 37.5 Å². The number of urea groups is 1. The zero-order valence-corrected chi connectivity index (χ0v) is 13.0. The molecule has 0 aliphatic heterocycles. The van der Waals surface area contributed by atoms with Crippen LogP contribution in [0.15, 0.2) is 12.1 Å². The summed E-state index contributed by atoms with van der Waals surface area (Å²) < 4.78 is 5.71. The lowest BCUT2D eigenvalue weighted by molar-refractivity contribution is 0.236. The predicted octanol–water partition coefficient (Wildman–Crippen LogP) is 3.09. The van der Waals surface area contributed by atoms with Gasteiger partial charge in [0.25, 0.3) is 0 Å². The van der Waals surface area contributed by atoms with E-state index < -0.39 is 0 Å². The Morgan fingerprint density at radius 2 is 1.70 bits per heavy atom. The lowest BCUT2D eigenvalue weighted by atomic mass is 10.1. The number of hydrogen-bond donors (Lipinski definition) is 2. The number of ether oxygens (including phenoxy) is 1. The SMILES string of the molecule is CCCCNC(=O)NCCOc1cc(C)c(C)cc1C. The Kier molecular flexibility index (Phi) is 6.91. The number of nitrogens with one attached hydrogen (secondary N) is 2. The topological polar surface area (TPSA) is 50.4 Å². The van der Waals surface area contributed by atoms with Crippen molar-refractivity contribution in [2.24, 2.45) is 0 Å². The van der Waals surface area contributed by atoms with Crippen molar-refractivity contribution in [3.05, 3.63) is 28.8 Å². The maximum Gasteiger partial charge on any atom is 0.314 e. The van der Waals surface area contributed by atoms with E-state index in [1.54, 1.807) is 0 Å². The Bertz CT molecular complexity index is 444. The van der Waals surface area contributed by atoms with E-state index in [9.17, 15) is 4.79 Å². The molecule has 0 radical (unpaired) electrons. The van der Waals surface area contributed by atoms with Crippen LogP contribution >= 0.6 is 0 Å². The number of carbonyl (C=O) groups excluding carboxylic acids is 1. The Labute approximate surface area is 121 Å². The molecule has 1 aromatic carbocycles. The van der Waals surface area contributed by atoms with Gasteiger partial charge < -0.3 is 15.4 Å². The van der Waals surface area contributed by atoms with Crippen LogP contribution in [0.4, 0.5) is 4.79 Å². The van der Waals surface area contributed by atoms with E-state index in [1.807, 2.05) is 13.0 Å². The highest BCUT2D eigenvalue weighted by Gasteiger charge is 2.03. The van der Waals surface area contributed by atoms with Gasteiger partial charge in [-0.3, -0.25) is 0 Å². The van der Waals surface area contributed by atoms with Crippen molar-refractivity contribution in [2.45, 2.75) is 40.5 Å². The average Bonchev–Trinajstić information content (AvgIpc) is 2.40. The van der Waals surface area contributed by atoms with Crippen molar-refractivity contribution in [3.63, 3.8) is 0 Å². The lowest BCUT2D eigenvalue weighted by Gasteiger charge is -2.12. The van der Waals surface area contributed by atoms with Crippen LogP contribution in [0, 0.1) is 20.8 Å². The molecule has 0 bridgehead atoms. The molecular weight excluding hydrogens is 252 g/mol. The van der Waals surface area contributed by atoms with Gasteiger partial charge in [0.05, 0.1) is 6.54 Å². The predicted molar refractivity (Wildman–Crippen MR) is 82.5 cm³/mol. The van der Waals surface area contributed by atoms with Crippen LogP contribution in [0.25, 0.3) is 0 Å². The number of benzene rings is 1. The van der Waals surface area contributed by atoms with Crippen LogP contribution in [0.1, 0.15) is 36.5 Å². The van der Waals surface area contributed by atoms with E-state index in [0.29, 0.717) is 13.2 Å². The number of carbonyl (C=O) groups is 1. The molecule has 1 aromatic rings. The first-order valence-electron chi connectivity index (χ1n) is 7.27. The maximum atomic E-state index is 11.4. The summed E-state index contributed by atoms with van der Waals surface area (Å²) in [6.07, 6.45) is 2.08. The first-order chi connectivity index (χ1) is 9.54. The van der Waals surface area contributed by atoms with Crippen molar-refractivity contribution in [1.82, 2.24) is 10.6 Å². The minimum atomic E-state index is -0.126. The molecule has 2 amide bonds. The van der Waals surface area contributed by atoms with Gasteiger partial charge in [-0.05, 0) is 49.9 Å². The fraction of sp³-hybridized carbons (Fsp3) is 0.562. The fourth-order valence-electron chi connectivity index (χ4n) is 1.86. The number of hydrogen-bond acceptors (Lipinski definition) is 2. The molecule has 1 rings (SSSR count). The van der Waals surface area contributed by atoms with Crippen molar-refractivity contribution in [2.75, 3.05) is 19.7 Å². The third kappa shape index (κ3) is 5.51. The monoisotopic (exact) mass is 278 g/mol. The molecule has 0 atom stereocenters. The summed E-state index contributed by atoms with van der Waals surface area (Å²) in [6, 6.07) is 4.04. The molecule has 0 heterocycles. The maximum absolute atomic E-state index is 11.4. The van der Waals surface area contributed by atoms with Crippen LogP contribution in [0.2, 0.25) is 0 Å². The second kappa shape index (κ2) is 8.46. The minimum absolute atomic E-state index is 0.126. The van der Waals surface area contributed by atoms with Crippen molar-refractivity contribution in [1.29, 1.82) is 0 Å². The molecule has 0 saturated heterocycles. The van der Waals surface area contributed by atoms with Crippen LogP contribution in [-0.2, 0) is 0 Å². The van der Waals surface area contributed by atoms with Gasteiger partial charge >= 0.3 is 6.03 Å². The second-order valence-electron chi connectivity index (χ2n) is 5.09. The number of amides is 2. The molecule has 112 valence electrons. The molecule has 0 fully saturated rings. The Hall–Kier alpha value is -1.71. The summed E-state index contributed by atoms with van der Waals surface area (Å²) in [5, 5.41) is 5.59. The zero-order valence-electron chi connectivity index (χ0n) is 13.0. The quantitative estimate of drug-likeness (QED) is 0.753. The van der Waals surface area contributed by atoms with Gasteiger partial charge in [0.15, 0.2) is 0 Å². The number of rotatable bonds is 7. The summed E-state index contributed by atoms with van der Waals surface area (Å²) in [7, 11) is 0. The van der Waals surface area contributed by atoms with Gasteiger partial charge in [-0.25, -0.2) is 4.79 Å². The van der Waals surface area contributed by atoms with Crippen molar-refractivity contribution >= 4 is 6.03 Å². The molecule has 4 nitrogen and oxygen atoms in total. The van der Waals surface area contributed by atoms with Gasteiger partial charge in [0.1, 0.15) is 12.4 Å². The van der Waals surface area contributed by atoms with E-state index in [4.69, 9.17) is 4.74 Å². The molecular formula is C16H26N2O2. The molecule has 0 aliphatic carbocycles.